The number of benzene rings is 1. The number of carbonyl (C=O) groups is 1. The molecule has 0 atom stereocenters. The summed E-state index contributed by atoms with van der Waals surface area (Å²) in [6.45, 7) is 4.77. The summed E-state index contributed by atoms with van der Waals surface area (Å²) in [6.07, 6.45) is -0.255. The van der Waals surface area contributed by atoms with Gasteiger partial charge in [0.25, 0.3) is 0 Å². The zero-order valence-corrected chi connectivity index (χ0v) is 19.9. The summed E-state index contributed by atoms with van der Waals surface area (Å²) in [6, 6.07) is 5.12. The molecule has 3 aromatic rings. The van der Waals surface area contributed by atoms with Crippen LogP contribution in [0.1, 0.15) is 30.9 Å². The third-order valence-electron chi connectivity index (χ3n) is 5.91. The van der Waals surface area contributed by atoms with Crippen LogP contribution in [0, 0.1) is 12.8 Å². The summed E-state index contributed by atoms with van der Waals surface area (Å²) in [7, 11) is 0. The lowest BCUT2D eigenvalue weighted by Gasteiger charge is -2.30. The molecule has 0 amide bonds. The fraction of sp³-hybridized carbons (Fsp3) is 0.375. The van der Waals surface area contributed by atoms with Gasteiger partial charge in [-0.15, -0.1) is 10.2 Å². The number of carbonyl (C=O) groups excluding carboxylic acids is 1. The molecule has 0 aliphatic carbocycles. The number of piperidine rings is 1. The number of alkyl halides is 3. The van der Waals surface area contributed by atoms with E-state index in [1.807, 2.05) is 4.90 Å². The molecular formula is C24H23ClF3N5O2. The largest absolute Gasteiger partial charge is 0.466 e. The van der Waals surface area contributed by atoms with Crippen molar-refractivity contribution in [3.8, 4) is 22.5 Å². The number of anilines is 1. The molecule has 0 bridgehead atoms. The smallest absolute Gasteiger partial charge is 0.416 e. The molecule has 0 unspecified atom stereocenters. The van der Waals surface area contributed by atoms with Gasteiger partial charge in [0.15, 0.2) is 0 Å². The van der Waals surface area contributed by atoms with Crippen molar-refractivity contribution in [2.24, 2.45) is 5.92 Å². The first-order chi connectivity index (χ1) is 16.7. The molecule has 1 aromatic carbocycles. The molecule has 4 rings (SSSR count). The number of aromatic nitrogens is 4. The Labute approximate surface area is 205 Å². The Bertz CT molecular complexity index is 1230. The number of hydrogen-bond donors (Lipinski definition) is 0. The fourth-order valence-corrected chi connectivity index (χ4v) is 4.28. The third-order valence-corrected chi connectivity index (χ3v) is 6.21. The molecule has 11 heteroatoms. The van der Waals surface area contributed by atoms with Crippen LogP contribution in [0.5, 0.6) is 0 Å². The number of nitrogens with zero attached hydrogens (tertiary/aromatic N) is 5. The zero-order chi connectivity index (χ0) is 25.2. The lowest BCUT2D eigenvalue weighted by molar-refractivity contribution is -0.148. The molecule has 3 heterocycles. The molecule has 0 saturated carbocycles. The minimum absolute atomic E-state index is 0.178. The van der Waals surface area contributed by atoms with Crippen LogP contribution in [0.3, 0.4) is 0 Å². The molecule has 0 spiro atoms. The highest BCUT2D eigenvalue weighted by atomic mass is 35.5. The maximum absolute atomic E-state index is 13.2. The normalized spacial score (nSPS) is 14.7. The van der Waals surface area contributed by atoms with Gasteiger partial charge in [0.05, 0.1) is 23.1 Å². The van der Waals surface area contributed by atoms with E-state index in [0.29, 0.717) is 71.6 Å². The van der Waals surface area contributed by atoms with Crippen LogP contribution in [0.25, 0.3) is 22.5 Å². The summed E-state index contributed by atoms with van der Waals surface area (Å²) in [5.74, 6) is -0.0329. The summed E-state index contributed by atoms with van der Waals surface area (Å²) >= 11 is 6.40. The van der Waals surface area contributed by atoms with Crippen LogP contribution >= 0.6 is 11.6 Å². The molecule has 0 N–H and O–H groups in total. The van der Waals surface area contributed by atoms with Gasteiger partial charge >= 0.3 is 12.1 Å². The first kappa shape index (κ1) is 24.8. The number of pyridine rings is 1. The van der Waals surface area contributed by atoms with Gasteiger partial charge < -0.3 is 9.64 Å². The van der Waals surface area contributed by atoms with Crippen molar-refractivity contribution >= 4 is 23.5 Å². The van der Waals surface area contributed by atoms with Gasteiger partial charge in [-0.2, -0.15) is 13.2 Å². The van der Waals surface area contributed by atoms with E-state index in [2.05, 4.69) is 15.2 Å². The Hall–Kier alpha value is -3.27. The van der Waals surface area contributed by atoms with Crippen molar-refractivity contribution in [1.82, 2.24) is 20.2 Å². The average molecular weight is 506 g/mol. The van der Waals surface area contributed by atoms with E-state index in [0.717, 1.165) is 12.1 Å². The number of esters is 1. The lowest BCUT2D eigenvalue weighted by Crippen LogP contribution is -2.38. The maximum atomic E-state index is 13.2. The standard InChI is InChI=1S/C24H23ClF3N5O2/c1-3-35-22(34)15-7-10-33(11-8-15)23-30-20(18-6-9-29-13-19(18)25)21(31-32-23)17-5-4-16(12-14(17)2)24(26,27)28/h4-6,9,12-13,15H,3,7-8,10-11H2,1-2H3. The van der Waals surface area contributed by atoms with Gasteiger partial charge in [-0.05, 0) is 50.5 Å². The molecule has 1 fully saturated rings. The Kier molecular flexibility index (Phi) is 7.20. The first-order valence-corrected chi connectivity index (χ1v) is 11.5. The predicted molar refractivity (Wildman–Crippen MR) is 125 cm³/mol. The maximum Gasteiger partial charge on any atom is 0.416 e. The Morgan fingerprint density at radius 1 is 1.14 bits per heavy atom. The number of hydrogen-bond acceptors (Lipinski definition) is 7. The van der Waals surface area contributed by atoms with E-state index in [1.165, 1.54) is 12.3 Å². The number of aryl methyl sites for hydroxylation is 1. The number of ether oxygens (including phenoxy) is 1. The van der Waals surface area contributed by atoms with E-state index in [9.17, 15) is 18.0 Å². The fourth-order valence-electron chi connectivity index (χ4n) is 4.07. The van der Waals surface area contributed by atoms with E-state index < -0.39 is 11.7 Å². The van der Waals surface area contributed by atoms with Gasteiger partial charge in [0, 0.05) is 36.6 Å². The lowest BCUT2D eigenvalue weighted by atomic mass is 9.97. The highest BCUT2D eigenvalue weighted by molar-refractivity contribution is 6.33. The highest BCUT2D eigenvalue weighted by Gasteiger charge is 2.32. The third kappa shape index (κ3) is 5.37. The van der Waals surface area contributed by atoms with E-state index in [-0.39, 0.29) is 11.9 Å². The number of halogens is 4. The Balaban J connectivity index is 1.72. The van der Waals surface area contributed by atoms with Crippen molar-refractivity contribution in [2.75, 3.05) is 24.6 Å². The van der Waals surface area contributed by atoms with Crippen LogP contribution in [-0.4, -0.2) is 45.8 Å². The highest BCUT2D eigenvalue weighted by Crippen LogP contribution is 2.37. The van der Waals surface area contributed by atoms with Gasteiger partial charge in [-0.1, -0.05) is 17.7 Å². The number of rotatable bonds is 5. The Morgan fingerprint density at radius 2 is 1.89 bits per heavy atom. The monoisotopic (exact) mass is 505 g/mol. The van der Waals surface area contributed by atoms with Crippen molar-refractivity contribution < 1.29 is 22.7 Å². The van der Waals surface area contributed by atoms with Gasteiger partial charge in [0.2, 0.25) is 5.95 Å². The van der Waals surface area contributed by atoms with Crippen molar-refractivity contribution in [3.05, 3.63) is 52.8 Å². The van der Waals surface area contributed by atoms with Gasteiger partial charge in [-0.3, -0.25) is 9.78 Å². The predicted octanol–water partition coefficient (Wildman–Crippen LogP) is 5.36. The van der Waals surface area contributed by atoms with Crippen molar-refractivity contribution in [1.29, 1.82) is 0 Å². The quantitative estimate of drug-likeness (QED) is 0.432. The second-order valence-corrected chi connectivity index (χ2v) is 8.61. The molecule has 1 saturated heterocycles. The van der Waals surface area contributed by atoms with Crippen LogP contribution < -0.4 is 4.90 Å². The summed E-state index contributed by atoms with van der Waals surface area (Å²) in [5.41, 5.74) is 1.34. The molecule has 1 aliphatic heterocycles. The Morgan fingerprint density at radius 3 is 2.51 bits per heavy atom. The van der Waals surface area contributed by atoms with Crippen LogP contribution in [0.15, 0.2) is 36.7 Å². The molecule has 184 valence electrons. The summed E-state index contributed by atoms with van der Waals surface area (Å²) < 4.78 is 44.7. The van der Waals surface area contributed by atoms with Crippen LogP contribution in [0.2, 0.25) is 5.02 Å². The molecular weight excluding hydrogens is 483 g/mol. The second-order valence-electron chi connectivity index (χ2n) is 8.21. The van der Waals surface area contributed by atoms with Crippen LogP contribution in [0.4, 0.5) is 19.1 Å². The van der Waals surface area contributed by atoms with E-state index >= 15 is 0 Å². The average Bonchev–Trinajstić information content (AvgIpc) is 2.84. The van der Waals surface area contributed by atoms with Gasteiger partial charge in [0.1, 0.15) is 11.4 Å². The first-order valence-electron chi connectivity index (χ1n) is 11.1. The van der Waals surface area contributed by atoms with Crippen molar-refractivity contribution in [2.45, 2.75) is 32.9 Å². The summed E-state index contributed by atoms with van der Waals surface area (Å²) in [5, 5.41) is 8.98. The topological polar surface area (TPSA) is 81.1 Å². The minimum atomic E-state index is -4.45. The van der Waals surface area contributed by atoms with E-state index in [4.69, 9.17) is 21.3 Å². The molecule has 0 radical (unpaired) electrons. The molecule has 1 aliphatic rings. The molecule has 2 aromatic heterocycles. The second kappa shape index (κ2) is 10.2. The molecule has 7 nitrogen and oxygen atoms in total. The minimum Gasteiger partial charge on any atom is -0.466 e. The van der Waals surface area contributed by atoms with Crippen LogP contribution in [-0.2, 0) is 15.7 Å². The SMILES string of the molecule is CCOC(=O)C1CCN(c2nnc(-c3ccc(C(F)(F)F)cc3C)c(-c3ccncc3Cl)n2)CC1. The van der Waals surface area contributed by atoms with Gasteiger partial charge in [-0.25, -0.2) is 4.98 Å². The van der Waals surface area contributed by atoms with Crippen molar-refractivity contribution in [3.63, 3.8) is 0 Å². The molecule has 35 heavy (non-hydrogen) atoms. The zero-order valence-electron chi connectivity index (χ0n) is 19.1. The summed E-state index contributed by atoms with van der Waals surface area (Å²) in [4.78, 5) is 22.7. The van der Waals surface area contributed by atoms with E-state index in [1.54, 1.807) is 26.1 Å².